The van der Waals surface area contributed by atoms with Crippen LogP contribution < -0.4 is 9.64 Å². The number of thiophene rings is 1. The normalized spacial score (nSPS) is 11.1. The van der Waals surface area contributed by atoms with Crippen LogP contribution in [0, 0.1) is 0 Å². The average molecular weight is 411 g/mol. The predicted octanol–water partition coefficient (Wildman–Crippen LogP) is 6.17. The number of amides is 1. The maximum Gasteiger partial charge on any atom is 0.268 e. The van der Waals surface area contributed by atoms with Gasteiger partial charge in [0.15, 0.2) is 0 Å². The molecule has 2 heterocycles. The van der Waals surface area contributed by atoms with Crippen molar-refractivity contribution in [3.05, 3.63) is 64.6 Å². The zero-order valence-electron chi connectivity index (χ0n) is 15.6. The summed E-state index contributed by atoms with van der Waals surface area (Å²) in [4.78, 5) is 20.2. The van der Waals surface area contributed by atoms with Gasteiger partial charge in [-0.2, -0.15) is 0 Å². The molecule has 0 aliphatic rings. The van der Waals surface area contributed by atoms with Gasteiger partial charge in [-0.1, -0.05) is 41.9 Å². The summed E-state index contributed by atoms with van der Waals surface area (Å²) in [6.45, 7) is 4.96. The highest BCUT2D eigenvalue weighted by atomic mass is 35.5. The van der Waals surface area contributed by atoms with Crippen LogP contribution in [0.4, 0.5) is 5.69 Å². The van der Waals surface area contributed by atoms with Crippen LogP contribution in [0.25, 0.3) is 21.0 Å². The molecular weight excluding hydrogens is 392 g/mol. The molecule has 6 heteroatoms. The zero-order chi connectivity index (χ0) is 19.7. The number of aromatic nitrogens is 1. The van der Waals surface area contributed by atoms with E-state index in [4.69, 9.17) is 16.3 Å². The van der Waals surface area contributed by atoms with Gasteiger partial charge in [0.1, 0.15) is 10.9 Å². The highest BCUT2D eigenvalue weighted by Crippen LogP contribution is 2.37. The SMILES string of the molecule is CCOc1ccccc1N(CC)C(=O)c1cc2c(Cl)nc3ccccc3c2s1. The highest BCUT2D eigenvalue weighted by Gasteiger charge is 2.22. The number of anilines is 1. The number of hydrogen-bond donors (Lipinski definition) is 0. The van der Waals surface area contributed by atoms with E-state index in [0.717, 1.165) is 26.7 Å². The summed E-state index contributed by atoms with van der Waals surface area (Å²) in [5.74, 6) is 0.627. The third-order valence-electron chi connectivity index (χ3n) is 4.55. The smallest absolute Gasteiger partial charge is 0.268 e. The summed E-state index contributed by atoms with van der Waals surface area (Å²) in [6.07, 6.45) is 0. The molecular formula is C22H19ClN2O2S. The second kappa shape index (κ2) is 7.78. The van der Waals surface area contributed by atoms with E-state index in [1.54, 1.807) is 4.90 Å². The van der Waals surface area contributed by atoms with Crippen molar-refractivity contribution in [1.82, 2.24) is 4.98 Å². The molecule has 0 spiro atoms. The summed E-state index contributed by atoms with van der Waals surface area (Å²) in [7, 11) is 0. The molecule has 28 heavy (non-hydrogen) atoms. The van der Waals surface area contributed by atoms with E-state index in [-0.39, 0.29) is 5.91 Å². The minimum atomic E-state index is -0.0731. The van der Waals surface area contributed by atoms with Gasteiger partial charge in [0.05, 0.1) is 22.7 Å². The van der Waals surface area contributed by atoms with Gasteiger partial charge < -0.3 is 9.64 Å². The van der Waals surface area contributed by atoms with E-state index in [1.807, 2.05) is 68.4 Å². The van der Waals surface area contributed by atoms with Gasteiger partial charge in [-0.05, 0) is 38.1 Å². The fraction of sp³-hybridized carbons (Fsp3) is 0.182. The van der Waals surface area contributed by atoms with Crippen molar-refractivity contribution in [2.45, 2.75) is 13.8 Å². The zero-order valence-corrected chi connectivity index (χ0v) is 17.2. The van der Waals surface area contributed by atoms with E-state index < -0.39 is 0 Å². The minimum Gasteiger partial charge on any atom is -0.492 e. The number of para-hydroxylation sites is 3. The molecule has 0 aliphatic carbocycles. The number of benzene rings is 2. The maximum absolute atomic E-state index is 13.4. The lowest BCUT2D eigenvalue weighted by Crippen LogP contribution is -2.30. The van der Waals surface area contributed by atoms with Crippen LogP contribution in [0.1, 0.15) is 23.5 Å². The Morgan fingerprint density at radius 1 is 1.11 bits per heavy atom. The molecule has 4 rings (SSSR count). The molecule has 0 saturated heterocycles. The van der Waals surface area contributed by atoms with Gasteiger partial charge in [0.2, 0.25) is 0 Å². The quantitative estimate of drug-likeness (QED) is 0.369. The van der Waals surface area contributed by atoms with Gasteiger partial charge >= 0.3 is 0 Å². The number of carbonyl (C=O) groups is 1. The van der Waals surface area contributed by atoms with Gasteiger partial charge in [0, 0.05) is 22.0 Å². The molecule has 0 unspecified atom stereocenters. The molecule has 0 fully saturated rings. The molecule has 2 aromatic heterocycles. The Kier molecular flexibility index (Phi) is 5.20. The Balaban J connectivity index is 1.82. The predicted molar refractivity (Wildman–Crippen MR) is 117 cm³/mol. The van der Waals surface area contributed by atoms with Gasteiger partial charge in [-0.25, -0.2) is 4.98 Å². The molecule has 0 atom stereocenters. The first-order chi connectivity index (χ1) is 13.6. The first-order valence-corrected chi connectivity index (χ1v) is 10.3. The van der Waals surface area contributed by atoms with E-state index in [9.17, 15) is 4.79 Å². The standard InChI is InChI=1S/C22H19ClN2O2S/c1-3-25(17-11-7-8-12-18(17)27-4-2)22(26)19-13-15-20(28-19)14-9-5-6-10-16(14)24-21(15)23/h5-13H,3-4H2,1-2H3. The van der Waals surface area contributed by atoms with Crippen molar-refractivity contribution in [1.29, 1.82) is 0 Å². The van der Waals surface area contributed by atoms with Crippen LogP contribution in [0.15, 0.2) is 54.6 Å². The van der Waals surface area contributed by atoms with Gasteiger partial charge in [0.25, 0.3) is 5.91 Å². The molecule has 0 aliphatic heterocycles. The van der Waals surface area contributed by atoms with Crippen LogP contribution >= 0.6 is 22.9 Å². The van der Waals surface area contributed by atoms with E-state index in [0.29, 0.717) is 28.9 Å². The summed E-state index contributed by atoms with van der Waals surface area (Å²) >= 11 is 7.85. The summed E-state index contributed by atoms with van der Waals surface area (Å²) < 4.78 is 6.70. The maximum atomic E-state index is 13.4. The lowest BCUT2D eigenvalue weighted by molar-refractivity contribution is 0.0991. The van der Waals surface area contributed by atoms with Crippen molar-refractivity contribution in [2.75, 3.05) is 18.1 Å². The molecule has 0 radical (unpaired) electrons. The van der Waals surface area contributed by atoms with E-state index >= 15 is 0 Å². The Morgan fingerprint density at radius 3 is 2.64 bits per heavy atom. The molecule has 0 bridgehead atoms. The van der Waals surface area contributed by atoms with Crippen LogP contribution in [-0.4, -0.2) is 24.0 Å². The fourth-order valence-corrected chi connectivity index (χ4v) is 4.73. The number of hydrogen-bond acceptors (Lipinski definition) is 4. The van der Waals surface area contributed by atoms with Gasteiger partial charge in [-0.15, -0.1) is 11.3 Å². The lowest BCUT2D eigenvalue weighted by Gasteiger charge is -2.23. The summed E-state index contributed by atoms with van der Waals surface area (Å²) in [6, 6.07) is 17.3. The average Bonchev–Trinajstić information content (AvgIpc) is 3.16. The Labute approximate surface area is 172 Å². The van der Waals surface area contributed by atoms with Crippen molar-refractivity contribution < 1.29 is 9.53 Å². The molecule has 142 valence electrons. The van der Waals surface area contributed by atoms with Crippen LogP contribution in [-0.2, 0) is 0 Å². The van der Waals surface area contributed by atoms with Crippen LogP contribution in [0.2, 0.25) is 5.15 Å². The molecule has 0 N–H and O–H groups in total. The number of carbonyl (C=O) groups excluding carboxylic acids is 1. The third kappa shape index (κ3) is 3.21. The first kappa shape index (κ1) is 18.7. The van der Waals surface area contributed by atoms with Crippen molar-refractivity contribution in [3.8, 4) is 5.75 Å². The number of fused-ring (bicyclic) bond motifs is 3. The number of halogens is 1. The Morgan fingerprint density at radius 2 is 1.86 bits per heavy atom. The highest BCUT2D eigenvalue weighted by molar-refractivity contribution is 7.22. The summed E-state index contributed by atoms with van der Waals surface area (Å²) in [5, 5.41) is 2.23. The Hall–Kier alpha value is -2.63. The first-order valence-electron chi connectivity index (χ1n) is 9.15. The minimum absolute atomic E-state index is 0.0731. The second-order valence-electron chi connectivity index (χ2n) is 6.22. The number of ether oxygens (including phenoxy) is 1. The van der Waals surface area contributed by atoms with E-state index in [1.165, 1.54) is 11.3 Å². The molecule has 4 aromatic rings. The number of pyridine rings is 1. The lowest BCUT2D eigenvalue weighted by atomic mass is 10.2. The fourth-order valence-electron chi connectivity index (χ4n) is 3.29. The van der Waals surface area contributed by atoms with Crippen LogP contribution in [0.3, 0.4) is 0 Å². The Bertz CT molecular complexity index is 1170. The van der Waals surface area contributed by atoms with E-state index in [2.05, 4.69) is 4.98 Å². The molecule has 0 saturated carbocycles. The molecule has 1 amide bonds. The molecule has 2 aromatic carbocycles. The second-order valence-corrected chi connectivity index (χ2v) is 7.63. The largest absolute Gasteiger partial charge is 0.492 e. The number of rotatable bonds is 5. The number of nitrogens with zero attached hydrogens (tertiary/aromatic N) is 2. The van der Waals surface area contributed by atoms with Crippen molar-refractivity contribution >= 4 is 55.5 Å². The molecule has 4 nitrogen and oxygen atoms in total. The third-order valence-corrected chi connectivity index (χ3v) is 5.99. The van der Waals surface area contributed by atoms with Crippen molar-refractivity contribution in [3.63, 3.8) is 0 Å². The van der Waals surface area contributed by atoms with Gasteiger partial charge in [-0.3, -0.25) is 4.79 Å². The topological polar surface area (TPSA) is 42.4 Å². The summed E-state index contributed by atoms with van der Waals surface area (Å²) in [5.41, 5.74) is 1.60. The van der Waals surface area contributed by atoms with Crippen LogP contribution in [0.5, 0.6) is 5.75 Å². The van der Waals surface area contributed by atoms with Crippen molar-refractivity contribution in [2.24, 2.45) is 0 Å². The monoisotopic (exact) mass is 410 g/mol.